The van der Waals surface area contributed by atoms with Crippen molar-refractivity contribution in [3.63, 3.8) is 0 Å². The second-order valence-electron chi connectivity index (χ2n) is 6.65. The predicted molar refractivity (Wildman–Crippen MR) is 100.0 cm³/mol. The molecule has 0 aromatic carbocycles. The number of nitrogen functional groups attached to an aromatic ring is 2. The van der Waals surface area contributed by atoms with Crippen molar-refractivity contribution in [2.24, 2.45) is 16.6 Å². The van der Waals surface area contributed by atoms with Crippen molar-refractivity contribution in [2.75, 3.05) is 18.0 Å². The topological polar surface area (TPSA) is 145 Å². The summed E-state index contributed by atoms with van der Waals surface area (Å²) in [6.07, 6.45) is 10.2. The first-order valence-corrected chi connectivity index (χ1v) is 8.98. The van der Waals surface area contributed by atoms with Crippen molar-refractivity contribution in [1.29, 1.82) is 0 Å². The lowest BCUT2D eigenvalue weighted by Crippen LogP contribution is -2.38. The average Bonchev–Trinajstić information content (AvgIpc) is 2.58. The summed E-state index contributed by atoms with van der Waals surface area (Å²) in [5.41, 5.74) is 17.5. The normalized spacial score (nSPS) is 16.0. The summed E-state index contributed by atoms with van der Waals surface area (Å²) in [7, 11) is 0. The standard InChI is InChI=1S/C17H29N7O/c1-11-14(18)23-15(19)13(22-11)16(25)24-17(20)21-10-6-5-9-12-7-3-2-4-8-12/h12H,2-10H2,1H3,(H4,18,19,23)(H3,20,21,24,25). The van der Waals surface area contributed by atoms with E-state index in [9.17, 15) is 4.79 Å². The lowest BCUT2D eigenvalue weighted by atomic mass is 9.86. The van der Waals surface area contributed by atoms with Gasteiger partial charge in [0.2, 0.25) is 0 Å². The zero-order valence-electron chi connectivity index (χ0n) is 14.9. The van der Waals surface area contributed by atoms with E-state index in [2.05, 4.69) is 20.3 Å². The van der Waals surface area contributed by atoms with Gasteiger partial charge in [-0.05, 0) is 19.3 Å². The van der Waals surface area contributed by atoms with Gasteiger partial charge in [-0.1, -0.05) is 44.9 Å². The second-order valence-corrected chi connectivity index (χ2v) is 6.65. The molecule has 138 valence electrons. The van der Waals surface area contributed by atoms with Crippen molar-refractivity contribution in [3.8, 4) is 0 Å². The number of unbranched alkanes of at least 4 members (excludes halogenated alkanes) is 1. The van der Waals surface area contributed by atoms with Crippen LogP contribution in [0.3, 0.4) is 0 Å². The van der Waals surface area contributed by atoms with Crippen molar-refractivity contribution >= 4 is 23.5 Å². The van der Waals surface area contributed by atoms with E-state index in [4.69, 9.17) is 17.2 Å². The average molecular weight is 347 g/mol. The quantitative estimate of drug-likeness (QED) is 0.350. The fourth-order valence-electron chi connectivity index (χ4n) is 3.15. The summed E-state index contributed by atoms with van der Waals surface area (Å²) in [4.78, 5) is 24.3. The van der Waals surface area contributed by atoms with Gasteiger partial charge in [0.15, 0.2) is 17.5 Å². The summed E-state index contributed by atoms with van der Waals surface area (Å²) in [6.45, 7) is 2.25. The van der Waals surface area contributed by atoms with Gasteiger partial charge < -0.3 is 17.2 Å². The molecular formula is C17H29N7O. The van der Waals surface area contributed by atoms with Gasteiger partial charge in [-0.3, -0.25) is 15.1 Å². The van der Waals surface area contributed by atoms with Crippen LogP contribution in [0.1, 0.15) is 67.5 Å². The predicted octanol–water partition coefficient (Wildman–Crippen LogP) is 1.74. The van der Waals surface area contributed by atoms with Crippen LogP contribution in [0, 0.1) is 12.8 Å². The Kier molecular flexibility index (Phi) is 6.97. The molecule has 8 nitrogen and oxygen atoms in total. The molecule has 0 aliphatic heterocycles. The number of aryl methyl sites for hydroxylation is 1. The Balaban J connectivity index is 1.74. The highest BCUT2D eigenvalue weighted by molar-refractivity contribution is 6.06. The molecule has 0 spiro atoms. The van der Waals surface area contributed by atoms with E-state index < -0.39 is 5.91 Å². The SMILES string of the molecule is Cc1nc(C(=O)NC(N)=NCCCCC2CCCCC2)c(N)nc1N. The van der Waals surface area contributed by atoms with E-state index in [-0.39, 0.29) is 23.3 Å². The molecule has 0 atom stereocenters. The van der Waals surface area contributed by atoms with E-state index in [0.29, 0.717) is 12.2 Å². The van der Waals surface area contributed by atoms with Gasteiger partial charge in [-0.15, -0.1) is 0 Å². The number of amides is 1. The molecule has 0 unspecified atom stereocenters. The van der Waals surface area contributed by atoms with Crippen LogP contribution in [0.15, 0.2) is 4.99 Å². The number of nitrogens with zero attached hydrogens (tertiary/aromatic N) is 3. The zero-order valence-corrected chi connectivity index (χ0v) is 14.9. The number of hydrogen-bond donors (Lipinski definition) is 4. The van der Waals surface area contributed by atoms with Crippen LogP contribution >= 0.6 is 0 Å². The Bertz CT molecular complexity index is 624. The minimum atomic E-state index is -0.531. The van der Waals surface area contributed by atoms with E-state index in [1.165, 1.54) is 38.5 Å². The smallest absolute Gasteiger partial charge is 0.280 e. The summed E-state index contributed by atoms with van der Waals surface area (Å²) < 4.78 is 0. The number of carbonyl (C=O) groups excluding carboxylic acids is 1. The molecule has 1 aromatic heterocycles. The summed E-state index contributed by atoms with van der Waals surface area (Å²) in [5, 5.41) is 2.49. The molecular weight excluding hydrogens is 318 g/mol. The summed E-state index contributed by atoms with van der Waals surface area (Å²) in [5.74, 6) is 0.592. The molecule has 1 aliphatic rings. The van der Waals surface area contributed by atoms with E-state index >= 15 is 0 Å². The highest BCUT2D eigenvalue weighted by atomic mass is 16.2. The Hall–Kier alpha value is -2.38. The number of aromatic nitrogens is 2. The van der Waals surface area contributed by atoms with Gasteiger partial charge in [0.05, 0.1) is 5.69 Å². The molecule has 0 saturated heterocycles. The number of rotatable bonds is 6. The number of aliphatic imine (C=N–C) groups is 1. The lowest BCUT2D eigenvalue weighted by Gasteiger charge is -2.20. The molecule has 25 heavy (non-hydrogen) atoms. The molecule has 1 amide bonds. The Morgan fingerprint density at radius 2 is 1.88 bits per heavy atom. The van der Waals surface area contributed by atoms with Crippen LogP contribution in [-0.2, 0) is 0 Å². The molecule has 0 radical (unpaired) electrons. The fourth-order valence-corrected chi connectivity index (χ4v) is 3.15. The van der Waals surface area contributed by atoms with Crippen LogP contribution in [0.5, 0.6) is 0 Å². The molecule has 1 fully saturated rings. The van der Waals surface area contributed by atoms with Crippen molar-refractivity contribution in [3.05, 3.63) is 11.4 Å². The summed E-state index contributed by atoms with van der Waals surface area (Å²) in [6, 6.07) is 0. The van der Waals surface area contributed by atoms with Crippen molar-refractivity contribution in [1.82, 2.24) is 15.3 Å². The van der Waals surface area contributed by atoms with Gasteiger partial charge in [0.25, 0.3) is 5.91 Å². The van der Waals surface area contributed by atoms with Gasteiger partial charge in [0, 0.05) is 6.54 Å². The monoisotopic (exact) mass is 347 g/mol. The zero-order chi connectivity index (χ0) is 18.2. The molecule has 1 heterocycles. The number of carbonyl (C=O) groups is 1. The van der Waals surface area contributed by atoms with Crippen LogP contribution < -0.4 is 22.5 Å². The van der Waals surface area contributed by atoms with Crippen LogP contribution in [0.25, 0.3) is 0 Å². The maximum Gasteiger partial charge on any atom is 0.280 e. The lowest BCUT2D eigenvalue weighted by molar-refractivity contribution is 0.0972. The third-order valence-corrected chi connectivity index (χ3v) is 4.62. The Labute approximate surface area is 148 Å². The van der Waals surface area contributed by atoms with Gasteiger partial charge >= 0.3 is 0 Å². The minimum absolute atomic E-state index is 0.00199. The van der Waals surface area contributed by atoms with Crippen molar-refractivity contribution < 1.29 is 4.79 Å². The largest absolute Gasteiger partial charge is 0.382 e. The molecule has 7 N–H and O–H groups in total. The van der Waals surface area contributed by atoms with Gasteiger partial charge in [0.1, 0.15) is 5.82 Å². The third-order valence-electron chi connectivity index (χ3n) is 4.62. The minimum Gasteiger partial charge on any atom is -0.382 e. The molecule has 8 heteroatoms. The first kappa shape index (κ1) is 19.0. The highest BCUT2D eigenvalue weighted by Gasteiger charge is 2.16. The maximum atomic E-state index is 12.1. The number of nitrogens with one attached hydrogen (secondary N) is 1. The highest BCUT2D eigenvalue weighted by Crippen LogP contribution is 2.27. The second kappa shape index (κ2) is 9.19. The van der Waals surface area contributed by atoms with Gasteiger partial charge in [-0.25, -0.2) is 9.97 Å². The van der Waals surface area contributed by atoms with Gasteiger partial charge in [-0.2, -0.15) is 0 Å². The Morgan fingerprint density at radius 1 is 1.16 bits per heavy atom. The van der Waals surface area contributed by atoms with E-state index in [0.717, 1.165) is 18.8 Å². The molecule has 1 saturated carbocycles. The summed E-state index contributed by atoms with van der Waals surface area (Å²) >= 11 is 0. The molecule has 1 aromatic rings. The number of guanidine groups is 1. The number of nitrogens with two attached hydrogens (primary N) is 3. The number of hydrogen-bond acceptors (Lipinski definition) is 6. The molecule has 1 aliphatic carbocycles. The number of anilines is 2. The first-order valence-electron chi connectivity index (χ1n) is 8.98. The Morgan fingerprint density at radius 3 is 2.60 bits per heavy atom. The van der Waals surface area contributed by atoms with E-state index in [1.54, 1.807) is 6.92 Å². The third kappa shape index (κ3) is 5.88. The molecule has 0 bridgehead atoms. The van der Waals surface area contributed by atoms with Crippen molar-refractivity contribution in [2.45, 2.75) is 58.3 Å². The van der Waals surface area contributed by atoms with Crippen LogP contribution in [-0.4, -0.2) is 28.4 Å². The maximum absolute atomic E-state index is 12.1. The fraction of sp³-hybridized carbons (Fsp3) is 0.647. The van der Waals surface area contributed by atoms with Crippen LogP contribution in [0.2, 0.25) is 0 Å². The molecule has 2 rings (SSSR count). The van der Waals surface area contributed by atoms with E-state index in [1.807, 2.05) is 0 Å². The first-order chi connectivity index (χ1) is 12.0. The van der Waals surface area contributed by atoms with Crippen LogP contribution in [0.4, 0.5) is 11.6 Å².